The maximum absolute atomic E-state index is 13.6. The van der Waals surface area contributed by atoms with Crippen molar-refractivity contribution in [2.75, 3.05) is 10.8 Å². The third kappa shape index (κ3) is 6.36. The molecule has 0 aliphatic carbocycles. The number of carbonyl (C=O) groups excluding carboxylic acids is 1. The van der Waals surface area contributed by atoms with E-state index in [9.17, 15) is 13.2 Å². The van der Waals surface area contributed by atoms with Gasteiger partial charge >= 0.3 is 0 Å². The predicted molar refractivity (Wildman–Crippen MR) is 163 cm³/mol. The highest BCUT2D eigenvalue weighted by Gasteiger charge is 2.28. The molecule has 0 bridgehead atoms. The minimum atomic E-state index is -4.09. The zero-order valence-electron chi connectivity index (χ0n) is 22.2. The van der Waals surface area contributed by atoms with Crippen molar-refractivity contribution in [1.82, 2.24) is 9.99 Å². The van der Waals surface area contributed by atoms with Crippen molar-refractivity contribution in [3.8, 4) is 5.69 Å². The van der Waals surface area contributed by atoms with Gasteiger partial charge in [-0.25, -0.2) is 13.8 Å². The zero-order valence-corrected chi connectivity index (χ0v) is 25.3. The van der Waals surface area contributed by atoms with Gasteiger partial charge in [0.1, 0.15) is 6.54 Å². The van der Waals surface area contributed by atoms with E-state index in [4.69, 9.17) is 34.8 Å². The van der Waals surface area contributed by atoms with Crippen molar-refractivity contribution in [3.63, 3.8) is 0 Å². The number of carbonyl (C=O) groups is 1. The summed E-state index contributed by atoms with van der Waals surface area (Å²) >= 11 is 18.5. The molecule has 4 rings (SSSR count). The normalized spacial score (nSPS) is 11.7. The summed E-state index contributed by atoms with van der Waals surface area (Å²) in [4.78, 5) is 13.1. The maximum Gasteiger partial charge on any atom is 0.264 e. The number of halogens is 3. The standard InChI is InChI=1S/C29H27Cl3N4O3S/c1-18-5-10-25(11-6-18)40(38,39)35(28-14-23(30)8-7-19(28)2)17-29(37)34-33-16-22-13-20(3)36(21(22)4)24-9-12-26(31)27(32)15-24/h5-16H,17H2,1-4H3,(H,34,37)/b33-16-. The van der Waals surface area contributed by atoms with Gasteiger partial charge in [-0.05, 0) is 81.8 Å². The Bertz CT molecular complexity index is 1720. The molecular weight excluding hydrogens is 591 g/mol. The lowest BCUT2D eigenvalue weighted by atomic mass is 10.2. The molecule has 0 unspecified atom stereocenters. The van der Waals surface area contributed by atoms with E-state index in [-0.39, 0.29) is 4.90 Å². The topological polar surface area (TPSA) is 83.8 Å². The van der Waals surface area contributed by atoms with E-state index >= 15 is 0 Å². The number of amides is 1. The molecule has 1 heterocycles. The summed E-state index contributed by atoms with van der Waals surface area (Å²) in [6.45, 7) is 6.96. The molecule has 0 atom stereocenters. The zero-order chi connectivity index (χ0) is 29.2. The highest BCUT2D eigenvalue weighted by atomic mass is 35.5. The van der Waals surface area contributed by atoms with Crippen LogP contribution in [0.2, 0.25) is 15.1 Å². The first kappa shape index (κ1) is 29.7. The Labute approximate surface area is 249 Å². The van der Waals surface area contributed by atoms with Crippen LogP contribution in [0.5, 0.6) is 0 Å². The van der Waals surface area contributed by atoms with Gasteiger partial charge in [0.2, 0.25) is 0 Å². The number of hydrogen-bond donors (Lipinski definition) is 1. The fourth-order valence-corrected chi connectivity index (χ4v) is 6.20. The van der Waals surface area contributed by atoms with Crippen molar-refractivity contribution in [2.45, 2.75) is 32.6 Å². The monoisotopic (exact) mass is 616 g/mol. The summed E-state index contributed by atoms with van der Waals surface area (Å²) in [5, 5.41) is 5.35. The van der Waals surface area contributed by atoms with Crippen LogP contribution < -0.4 is 9.73 Å². The highest BCUT2D eigenvalue weighted by molar-refractivity contribution is 7.92. The average molecular weight is 618 g/mol. The van der Waals surface area contributed by atoms with Crippen molar-refractivity contribution >= 4 is 62.6 Å². The van der Waals surface area contributed by atoms with E-state index < -0.39 is 22.5 Å². The maximum atomic E-state index is 13.6. The van der Waals surface area contributed by atoms with Crippen LogP contribution in [0.4, 0.5) is 5.69 Å². The molecule has 4 aromatic rings. The number of aryl methyl sites for hydroxylation is 3. The molecule has 11 heteroatoms. The van der Waals surface area contributed by atoms with Crippen LogP contribution >= 0.6 is 34.8 Å². The minimum Gasteiger partial charge on any atom is -0.318 e. The third-order valence-electron chi connectivity index (χ3n) is 6.36. The molecule has 0 saturated heterocycles. The van der Waals surface area contributed by atoms with Crippen molar-refractivity contribution in [3.05, 3.63) is 110 Å². The summed E-state index contributed by atoms with van der Waals surface area (Å²) in [6, 6.07) is 18.6. The molecule has 7 nitrogen and oxygen atoms in total. The lowest BCUT2D eigenvalue weighted by Gasteiger charge is -2.25. The minimum absolute atomic E-state index is 0.0588. The van der Waals surface area contributed by atoms with Crippen LogP contribution in [-0.2, 0) is 14.8 Å². The van der Waals surface area contributed by atoms with E-state index in [1.165, 1.54) is 24.4 Å². The Morgan fingerprint density at radius 1 is 0.925 bits per heavy atom. The van der Waals surface area contributed by atoms with E-state index in [1.54, 1.807) is 43.3 Å². The molecule has 0 spiro atoms. The number of nitrogens with one attached hydrogen (secondary N) is 1. The molecular formula is C29H27Cl3N4O3S. The first-order valence-electron chi connectivity index (χ1n) is 12.2. The Hall–Kier alpha value is -3.30. The molecule has 0 aliphatic rings. The Balaban J connectivity index is 1.58. The summed E-state index contributed by atoms with van der Waals surface area (Å²) in [6.07, 6.45) is 1.51. The predicted octanol–water partition coefficient (Wildman–Crippen LogP) is 7.02. The fourth-order valence-electron chi connectivity index (χ4n) is 4.27. The van der Waals surface area contributed by atoms with Gasteiger partial charge in [0.25, 0.3) is 15.9 Å². The Morgan fingerprint density at radius 3 is 2.30 bits per heavy atom. The number of hydrazone groups is 1. The van der Waals surface area contributed by atoms with Crippen molar-refractivity contribution in [1.29, 1.82) is 0 Å². The van der Waals surface area contributed by atoms with Crippen LogP contribution in [0.3, 0.4) is 0 Å². The quantitative estimate of drug-likeness (QED) is 0.170. The molecule has 40 heavy (non-hydrogen) atoms. The third-order valence-corrected chi connectivity index (χ3v) is 9.11. The van der Waals surface area contributed by atoms with Crippen LogP contribution in [0, 0.1) is 27.7 Å². The summed E-state index contributed by atoms with van der Waals surface area (Å²) < 4.78 is 30.3. The Morgan fingerprint density at radius 2 is 1.62 bits per heavy atom. The second kappa shape index (κ2) is 12.1. The van der Waals surface area contributed by atoms with Gasteiger partial charge in [-0.1, -0.05) is 58.6 Å². The van der Waals surface area contributed by atoms with Gasteiger partial charge in [0, 0.05) is 27.7 Å². The van der Waals surface area contributed by atoms with E-state index in [0.717, 1.165) is 32.5 Å². The van der Waals surface area contributed by atoms with Crippen molar-refractivity contribution < 1.29 is 13.2 Å². The molecule has 0 fully saturated rings. The lowest BCUT2D eigenvalue weighted by molar-refractivity contribution is -0.119. The number of benzene rings is 3. The lowest BCUT2D eigenvalue weighted by Crippen LogP contribution is -2.40. The molecule has 208 valence electrons. The smallest absolute Gasteiger partial charge is 0.264 e. The largest absolute Gasteiger partial charge is 0.318 e. The summed E-state index contributed by atoms with van der Waals surface area (Å²) in [7, 11) is -4.09. The molecule has 0 radical (unpaired) electrons. The fraction of sp³-hybridized carbons (Fsp3) is 0.172. The number of hydrogen-bond acceptors (Lipinski definition) is 4. The summed E-state index contributed by atoms with van der Waals surface area (Å²) in [5.74, 6) is -0.621. The van der Waals surface area contributed by atoms with Gasteiger partial charge < -0.3 is 4.57 Å². The van der Waals surface area contributed by atoms with Crippen molar-refractivity contribution in [2.24, 2.45) is 5.10 Å². The number of anilines is 1. The van der Waals surface area contributed by atoms with E-state index in [2.05, 4.69) is 10.5 Å². The van der Waals surface area contributed by atoms with Crippen LogP contribution in [0.1, 0.15) is 28.1 Å². The SMILES string of the molecule is Cc1ccc(S(=O)(=O)N(CC(=O)N/N=C\c2cc(C)n(-c3ccc(Cl)c(Cl)c3)c2C)c2cc(Cl)ccc2C)cc1. The first-order valence-corrected chi connectivity index (χ1v) is 14.8. The molecule has 0 aliphatic heterocycles. The molecule has 0 saturated carbocycles. The van der Waals surface area contributed by atoms with Crippen LogP contribution in [0.25, 0.3) is 5.69 Å². The number of sulfonamides is 1. The van der Waals surface area contributed by atoms with Gasteiger partial charge in [-0.15, -0.1) is 0 Å². The van der Waals surface area contributed by atoms with Gasteiger partial charge in [-0.3, -0.25) is 9.10 Å². The van der Waals surface area contributed by atoms with Gasteiger partial charge in [0.05, 0.1) is 26.8 Å². The molecule has 1 N–H and O–H groups in total. The number of rotatable bonds is 8. The second-order valence-electron chi connectivity index (χ2n) is 9.31. The van der Waals surface area contributed by atoms with Gasteiger partial charge in [-0.2, -0.15) is 5.10 Å². The van der Waals surface area contributed by atoms with Crippen LogP contribution in [0.15, 0.2) is 76.7 Å². The molecule has 1 aromatic heterocycles. The van der Waals surface area contributed by atoms with E-state index in [0.29, 0.717) is 26.3 Å². The number of nitrogens with zero attached hydrogens (tertiary/aromatic N) is 3. The van der Waals surface area contributed by atoms with E-state index in [1.807, 2.05) is 37.5 Å². The van der Waals surface area contributed by atoms with Crippen LogP contribution in [-0.4, -0.2) is 31.7 Å². The highest BCUT2D eigenvalue weighted by Crippen LogP contribution is 2.30. The Kier molecular flexibility index (Phi) is 8.95. The van der Waals surface area contributed by atoms with Gasteiger partial charge in [0.15, 0.2) is 0 Å². The summed E-state index contributed by atoms with van der Waals surface area (Å²) in [5.41, 5.74) is 7.71. The first-order chi connectivity index (χ1) is 18.9. The molecule has 3 aromatic carbocycles. The molecule has 1 amide bonds. The average Bonchev–Trinajstić information content (AvgIpc) is 3.18. The second-order valence-corrected chi connectivity index (χ2v) is 12.4. The number of aromatic nitrogens is 1.